The average molecular weight is 281 g/mol. The third-order valence-electron chi connectivity index (χ3n) is 3.21. The summed E-state index contributed by atoms with van der Waals surface area (Å²) in [4.78, 5) is 14.1. The molecule has 6 nitrogen and oxygen atoms in total. The molecule has 1 aromatic carbocycles. The van der Waals surface area contributed by atoms with Crippen LogP contribution in [-0.2, 0) is 9.53 Å². The molecular weight excluding hydrogens is 258 g/mol. The monoisotopic (exact) mass is 281 g/mol. The van der Waals surface area contributed by atoms with Crippen molar-refractivity contribution < 1.29 is 14.3 Å². The van der Waals surface area contributed by atoms with Gasteiger partial charge in [-0.1, -0.05) is 0 Å². The fourth-order valence-corrected chi connectivity index (χ4v) is 1.65. The van der Waals surface area contributed by atoms with E-state index in [2.05, 4.69) is 5.32 Å². The number of hydrogen-bond donors (Lipinski definition) is 2. The highest BCUT2D eigenvalue weighted by Crippen LogP contribution is 2.24. The lowest BCUT2D eigenvalue weighted by Gasteiger charge is -2.23. The molecule has 0 aromatic heterocycles. The first-order valence-electron chi connectivity index (χ1n) is 6.43. The fourth-order valence-electron chi connectivity index (χ4n) is 1.65. The molecule has 112 valence electrons. The van der Waals surface area contributed by atoms with Gasteiger partial charge in [0.25, 0.3) is 0 Å². The summed E-state index contributed by atoms with van der Waals surface area (Å²) >= 11 is 0. The molecule has 1 atom stereocenters. The predicted molar refractivity (Wildman–Crippen MR) is 80.0 cm³/mol. The summed E-state index contributed by atoms with van der Waals surface area (Å²) in [5, 5.41) is 2.82. The number of nitrogens with zero attached hydrogens (tertiary/aromatic N) is 1. The minimum Gasteiger partial charge on any atom is -0.497 e. The highest BCUT2D eigenvalue weighted by molar-refractivity contribution is 5.97. The fraction of sp³-hybridized carbons (Fsp3) is 0.500. The maximum atomic E-state index is 12.1. The van der Waals surface area contributed by atoms with Gasteiger partial charge in [0.2, 0.25) is 5.91 Å². The first-order chi connectivity index (χ1) is 9.49. The number of nitrogens with two attached hydrogens (primary N) is 1. The SMILES string of the molecule is COCCN(C)C(C)C(=O)Nc1ccc(OC)cc1N. The average Bonchev–Trinajstić information content (AvgIpc) is 2.45. The summed E-state index contributed by atoms with van der Waals surface area (Å²) in [5.74, 6) is 0.547. The Morgan fingerprint density at radius 1 is 1.45 bits per heavy atom. The molecule has 3 N–H and O–H groups in total. The lowest BCUT2D eigenvalue weighted by atomic mass is 10.2. The van der Waals surface area contributed by atoms with Gasteiger partial charge < -0.3 is 20.5 Å². The third-order valence-corrected chi connectivity index (χ3v) is 3.21. The number of rotatable bonds is 7. The van der Waals surface area contributed by atoms with E-state index in [1.807, 2.05) is 18.9 Å². The second-order valence-corrected chi connectivity index (χ2v) is 4.59. The van der Waals surface area contributed by atoms with Gasteiger partial charge in [0.15, 0.2) is 0 Å². The number of benzene rings is 1. The molecular formula is C14H23N3O3. The number of nitrogens with one attached hydrogen (secondary N) is 1. The molecule has 20 heavy (non-hydrogen) atoms. The molecule has 0 radical (unpaired) electrons. The van der Waals surface area contributed by atoms with Gasteiger partial charge >= 0.3 is 0 Å². The number of likely N-dealkylation sites (N-methyl/N-ethyl adjacent to an activating group) is 1. The summed E-state index contributed by atoms with van der Waals surface area (Å²) in [6, 6.07) is 4.89. The van der Waals surface area contributed by atoms with E-state index in [9.17, 15) is 4.79 Å². The Hall–Kier alpha value is -1.79. The maximum Gasteiger partial charge on any atom is 0.241 e. The van der Waals surface area contributed by atoms with E-state index in [1.165, 1.54) is 0 Å². The first kappa shape index (κ1) is 16.3. The van der Waals surface area contributed by atoms with Crippen molar-refractivity contribution in [3.63, 3.8) is 0 Å². The van der Waals surface area contributed by atoms with E-state index in [-0.39, 0.29) is 11.9 Å². The summed E-state index contributed by atoms with van der Waals surface area (Å²) in [5.41, 5.74) is 6.94. The molecule has 0 fully saturated rings. The molecule has 0 bridgehead atoms. The van der Waals surface area contributed by atoms with Crippen molar-refractivity contribution >= 4 is 17.3 Å². The zero-order valence-corrected chi connectivity index (χ0v) is 12.5. The van der Waals surface area contributed by atoms with Gasteiger partial charge in [0.05, 0.1) is 31.1 Å². The van der Waals surface area contributed by atoms with Gasteiger partial charge in [0.1, 0.15) is 5.75 Å². The van der Waals surface area contributed by atoms with Gasteiger partial charge in [-0.25, -0.2) is 0 Å². The van der Waals surface area contributed by atoms with Gasteiger partial charge in [-0.3, -0.25) is 9.69 Å². The summed E-state index contributed by atoms with van der Waals surface area (Å²) in [6.45, 7) is 3.10. The van der Waals surface area contributed by atoms with Crippen molar-refractivity contribution in [2.45, 2.75) is 13.0 Å². The zero-order chi connectivity index (χ0) is 15.1. The number of hydrogen-bond acceptors (Lipinski definition) is 5. The largest absolute Gasteiger partial charge is 0.497 e. The Kier molecular flexibility index (Phi) is 6.27. The van der Waals surface area contributed by atoms with E-state index in [0.29, 0.717) is 30.3 Å². The highest BCUT2D eigenvalue weighted by atomic mass is 16.5. The molecule has 1 unspecified atom stereocenters. The number of ether oxygens (including phenoxy) is 2. The second kappa shape index (κ2) is 7.72. The van der Waals surface area contributed by atoms with Crippen LogP contribution in [-0.4, -0.2) is 51.3 Å². The molecule has 0 heterocycles. The van der Waals surface area contributed by atoms with Crippen LogP contribution in [0.15, 0.2) is 18.2 Å². The van der Waals surface area contributed by atoms with E-state index >= 15 is 0 Å². The molecule has 0 aliphatic carbocycles. The number of methoxy groups -OCH3 is 2. The molecule has 1 aromatic rings. The second-order valence-electron chi connectivity index (χ2n) is 4.59. The Balaban J connectivity index is 2.65. The number of carbonyl (C=O) groups is 1. The van der Waals surface area contributed by atoms with Crippen LogP contribution in [0.5, 0.6) is 5.75 Å². The van der Waals surface area contributed by atoms with Gasteiger partial charge in [-0.05, 0) is 26.1 Å². The van der Waals surface area contributed by atoms with E-state index in [0.717, 1.165) is 0 Å². The van der Waals surface area contributed by atoms with Crippen LogP contribution in [0.2, 0.25) is 0 Å². The molecule has 0 aliphatic heterocycles. The summed E-state index contributed by atoms with van der Waals surface area (Å²) in [6.07, 6.45) is 0. The summed E-state index contributed by atoms with van der Waals surface area (Å²) in [7, 11) is 5.08. The quantitative estimate of drug-likeness (QED) is 0.734. The number of nitrogen functional groups attached to an aromatic ring is 1. The molecule has 0 saturated heterocycles. The third kappa shape index (κ3) is 4.40. The number of amides is 1. The van der Waals surface area contributed by atoms with Gasteiger partial charge in [0, 0.05) is 19.7 Å². The van der Waals surface area contributed by atoms with E-state index in [1.54, 1.807) is 32.4 Å². The molecule has 1 amide bonds. The van der Waals surface area contributed by atoms with Crippen LogP contribution >= 0.6 is 0 Å². The topological polar surface area (TPSA) is 76.8 Å². The van der Waals surface area contributed by atoms with Crippen LogP contribution in [0.25, 0.3) is 0 Å². The molecule has 6 heteroatoms. The first-order valence-corrected chi connectivity index (χ1v) is 6.43. The Morgan fingerprint density at radius 2 is 2.15 bits per heavy atom. The summed E-state index contributed by atoms with van der Waals surface area (Å²) < 4.78 is 10.1. The molecule has 0 aliphatic rings. The van der Waals surface area contributed by atoms with Crippen LogP contribution in [0.4, 0.5) is 11.4 Å². The maximum absolute atomic E-state index is 12.1. The van der Waals surface area contributed by atoms with Gasteiger partial charge in [-0.2, -0.15) is 0 Å². The van der Waals surface area contributed by atoms with Crippen LogP contribution in [0, 0.1) is 0 Å². The highest BCUT2D eigenvalue weighted by Gasteiger charge is 2.18. The van der Waals surface area contributed by atoms with Crippen molar-refractivity contribution in [1.29, 1.82) is 0 Å². The van der Waals surface area contributed by atoms with Crippen molar-refractivity contribution in [1.82, 2.24) is 4.90 Å². The minimum atomic E-state index is -0.272. The smallest absolute Gasteiger partial charge is 0.241 e. The lowest BCUT2D eigenvalue weighted by molar-refractivity contribution is -0.120. The Labute approximate surface area is 119 Å². The Morgan fingerprint density at radius 3 is 2.70 bits per heavy atom. The van der Waals surface area contributed by atoms with Gasteiger partial charge in [-0.15, -0.1) is 0 Å². The number of anilines is 2. The zero-order valence-electron chi connectivity index (χ0n) is 12.5. The standard InChI is InChI=1S/C14H23N3O3/c1-10(17(2)7-8-19-3)14(18)16-13-6-5-11(20-4)9-12(13)15/h5-6,9-10H,7-8,15H2,1-4H3,(H,16,18). The Bertz CT molecular complexity index is 451. The lowest BCUT2D eigenvalue weighted by Crippen LogP contribution is -2.41. The van der Waals surface area contributed by atoms with Crippen molar-refractivity contribution in [2.24, 2.45) is 0 Å². The van der Waals surface area contributed by atoms with Crippen LogP contribution < -0.4 is 15.8 Å². The van der Waals surface area contributed by atoms with E-state index in [4.69, 9.17) is 15.2 Å². The molecule has 0 spiro atoms. The predicted octanol–water partition coefficient (Wildman–Crippen LogP) is 1.18. The van der Waals surface area contributed by atoms with E-state index < -0.39 is 0 Å². The van der Waals surface area contributed by atoms with Crippen LogP contribution in [0.3, 0.4) is 0 Å². The van der Waals surface area contributed by atoms with Crippen LogP contribution in [0.1, 0.15) is 6.92 Å². The molecule has 1 rings (SSSR count). The van der Waals surface area contributed by atoms with Crippen molar-refractivity contribution in [3.8, 4) is 5.75 Å². The minimum absolute atomic E-state index is 0.111. The van der Waals surface area contributed by atoms with Crippen molar-refractivity contribution in [2.75, 3.05) is 45.5 Å². The number of carbonyl (C=O) groups excluding carboxylic acids is 1. The normalized spacial score (nSPS) is 12.2. The van der Waals surface area contributed by atoms with Crippen molar-refractivity contribution in [3.05, 3.63) is 18.2 Å². The molecule has 0 saturated carbocycles.